The van der Waals surface area contributed by atoms with Gasteiger partial charge in [0, 0.05) is 0 Å². The summed E-state index contributed by atoms with van der Waals surface area (Å²) in [5.74, 6) is 0.0843. The Morgan fingerprint density at radius 3 is 3.04 bits per heavy atom. The number of benzene rings is 1. The fourth-order valence-electron chi connectivity index (χ4n) is 2.16. The lowest BCUT2D eigenvalue weighted by Gasteiger charge is -2.24. The van der Waals surface area contributed by atoms with Crippen LogP contribution < -0.4 is 10.1 Å². The third kappa shape index (κ3) is 4.14. The van der Waals surface area contributed by atoms with Crippen LogP contribution in [0.3, 0.4) is 0 Å². The Kier molecular flexibility index (Phi) is 5.12. The maximum absolute atomic E-state index is 12.8. The summed E-state index contributed by atoms with van der Waals surface area (Å²) in [6.07, 6.45) is 1.50. The van der Waals surface area contributed by atoms with Gasteiger partial charge >= 0.3 is 0 Å². The Hall–Kier alpha value is -3.01. The van der Waals surface area contributed by atoms with E-state index < -0.39 is 17.6 Å². The average Bonchev–Trinajstić information content (AvgIpc) is 3.28. The smallest absolute Gasteiger partial charge is 0.271 e. The minimum atomic E-state index is -1.11. The monoisotopic (exact) mass is 375 g/mol. The number of hydrogen-bond acceptors (Lipinski definition) is 9. The number of rotatable bonds is 7. The largest absolute Gasteiger partial charge is 0.471 e. The number of thiazole rings is 1. The van der Waals surface area contributed by atoms with Gasteiger partial charge in [0.15, 0.2) is 0 Å². The Morgan fingerprint density at radius 2 is 2.31 bits per heavy atom. The van der Waals surface area contributed by atoms with Crippen molar-refractivity contribution in [2.24, 2.45) is 5.16 Å². The van der Waals surface area contributed by atoms with Gasteiger partial charge in [0.25, 0.3) is 17.9 Å². The number of fused-ring (bicyclic) bond motifs is 1. The molecule has 0 aliphatic rings. The van der Waals surface area contributed by atoms with Crippen molar-refractivity contribution in [1.82, 2.24) is 20.5 Å². The van der Waals surface area contributed by atoms with Gasteiger partial charge in [-0.1, -0.05) is 5.16 Å². The molecule has 0 aliphatic heterocycles. The van der Waals surface area contributed by atoms with Crippen molar-refractivity contribution in [1.29, 1.82) is 0 Å². The molecule has 1 unspecified atom stereocenters. The molecule has 1 atom stereocenters. The minimum absolute atomic E-state index is 0.0476. The first-order valence-electron chi connectivity index (χ1n) is 7.64. The van der Waals surface area contributed by atoms with E-state index >= 15 is 0 Å². The number of nitrogens with one attached hydrogen (secondary N) is 1. The molecule has 0 radical (unpaired) electrons. The molecule has 0 fully saturated rings. The number of carbonyl (C=O) groups is 1. The van der Waals surface area contributed by atoms with Crippen LogP contribution in [0.25, 0.3) is 10.2 Å². The molecule has 3 aromatic rings. The van der Waals surface area contributed by atoms with Gasteiger partial charge in [-0.15, -0.1) is 21.5 Å². The van der Waals surface area contributed by atoms with Crippen molar-refractivity contribution >= 4 is 33.7 Å². The second kappa shape index (κ2) is 7.48. The predicted octanol–water partition coefficient (Wildman–Crippen LogP) is 2.33. The molecule has 2 aromatic heterocycles. The molecular formula is C16H17N5O4S. The number of amides is 1. The van der Waals surface area contributed by atoms with Crippen LogP contribution in [-0.4, -0.2) is 40.0 Å². The maximum Gasteiger partial charge on any atom is 0.271 e. The van der Waals surface area contributed by atoms with Crippen LogP contribution in [0.1, 0.15) is 25.8 Å². The zero-order valence-corrected chi connectivity index (χ0v) is 15.2. The van der Waals surface area contributed by atoms with E-state index in [1.807, 2.05) is 6.07 Å². The van der Waals surface area contributed by atoms with Crippen molar-refractivity contribution < 1.29 is 18.8 Å². The first-order valence-corrected chi connectivity index (χ1v) is 8.52. The van der Waals surface area contributed by atoms with Crippen LogP contribution in [0.2, 0.25) is 0 Å². The van der Waals surface area contributed by atoms with E-state index in [0.29, 0.717) is 5.75 Å². The highest BCUT2D eigenvalue weighted by atomic mass is 32.1. The number of hydrogen-bond donors (Lipinski definition) is 1. The van der Waals surface area contributed by atoms with Gasteiger partial charge in [0.05, 0.1) is 27.5 Å². The van der Waals surface area contributed by atoms with Gasteiger partial charge in [-0.2, -0.15) is 0 Å². The van der Waals surface area contributed by atoms with Crippen LogP contribution >= 0.6 is 11.3 Å². The number of carbonyl (C=O) groups excluding carboxylic acids is 1. The van der Waals surface area contributed by atoms with E-state index in [4.69, 9.17) is 9.15 Å². The summed E-state index contributed by atoms with van der Waals surface area (Å²) in [4.78, 5) is 21.6. The molecule has 3 rings (SSSR count). The van der Waals surface area contributed by atoms with E-state index in [2.05, 4.69) is 30.5 Å². The van der Waals surface area contributed by atoms with Crippen molar-refractivity contribution in [2.45, 2.75) is 25.5 Å². The molecule has 9 nitrogen and oxygen atoms in total. The number of aromatic nitrogens is 3. The summed E-state index contributed by atoms with van der Waals surface area (Å²) >= 11 is 1.48. The fourth-order valence-corrected chi connectivity index (χ4v) is 2.86. The zero-order valence-electron chi connectivity index (χ0n) is 14.4. The highest BCUT2D eigenvalue weighted by molar-refractivity contribution is 7.16. The summed E-state index contributed by atoms with van der Waals surface area (Å²) in [5, 5.41) is 13.9. The summed E-state index contributed by atoms with van der Waals surface area (Å²) in [6.45, 7) is 3.53. The zero-order chi connectivity index (χ0) is 18.6. The van der Waals surface area contributed by atoms with Crippen molar-refractivity contribution in [3.63, 3.8) is 0 Å². The molecule has 1 N–H and O–H groups in total. The van der Waals surface area contributed by atoms with Gasteiger partial charge in [0.1, 0.15) is 12.9 Å². The van der Waals surface area contributed by atoms with Crippen molar-refractivity contribution in [3.05, 3.63) is 36.0 Å². The van der Waals surface area contributed by atoms with E-state index in [0.717, 1.165) is 16.6 Å². The van der Waals surface area contributed by atoms with Crippen molar-refractivity contribution in [3.8, 4) is 5.75 Å². The first-order chi connectivity index (χ1) is 12.5. The summed E-state index contributed by atoms with van der Waals surface area (Å²) in [7, 11) is 1.42. The highest BCUT2D eigenvalue weighted by Gasteiger charge is 2.31. The first kappa shape index (κ1) is 17.8. The SMILES string of the molecule is CO/N=C/C(C)(C)NC(=O)C(Oc1ccc2ncsc2c1)c1nnco1. The summed E-state index contributed by atoms with van der Waals surface area (Å²) < 4.78 is 12.0. The molecule has 0 aliphatic carbocycles. The summed E-state index contributed by atoms with van der Waals surface area (Å²) in [6, 6.07) is 5.36. The molecule has 1 amide bonds. The van der Waals surface area contributed by atoms with E-state index in [1.165, 1.54) is 24.7 Å². The van der Waals surface area contributed by atoms with Gasteiger partial charge in [-0.25, -0.2) is 4.98 Å². The second-order valence-electron chi connectivity index (χ2n) is 5.88. The Labute approximate surface area is 153 Å². The highest BCUT2D eigenvalue weighted by Crippen LogP contribution is 2.27. The quantitative estimate of drug-likeness (QED) is 0.498. The molecule has 1 aromatic carbocycles. The van der Waals surface area contributed by atoms with Gasteiger partial charge in [0.2, 0.25) is 6.39 Å². The standard InChI is InChI=1S/C16H17N5O4S/c1-16(2,7-19-23-3)20-14(22)13(15-21-18-8-24-15)25-10-4-5-11-12(6-10)26-9-17-11/h4-9,13H,1-3H3,(H,20,22)/b19-7+. The Balaban J connectivity index is 1.83. The molecule has 136 valence electrons. The summed E-state index contributed by atoms with van der Waals surface area (Å²) in [5.41, 5.74) is 1.84. The maximum atomic E-state index is 12.8. The van der Waals surface area contributed by atoms with Crippen molar-refractivity contribution in [2.75, 3.05) is 7.11 Å². The van der Waals surface area contributed by atoms with Gasteiger partial charge < -0.3 is 19.3 Å². The molecule has 0 saturated carbocycles. The van der Waals surface area contributed by atoms with Crippen LogP contribution in [-0.2, 0) is 9.63 Å². The molecule has 0 spiro atoms. The number of ether oxygens (including phenoxy) is 1. The Bertz CT molecular complexity index is 906. The molecule has 0 saturated heterocycles. The third-order valence-corrected chi connectivity index (χ3v) is 4.11. The lowest BCUT2D eigenvalue weighted by atomic mass is 10.1. The molecule has 2 heterocycles. The molecular weight excluding hydrogens is 358 g/mol. The lowest BCUT2D eigenvalue weighted by molar-refractivity contribution is -0.130. The number of oxime groups is 1. The van der Waals surface area contributed by atoms with E-state index in [-0.39, 0.29) is 5.89 Å². The molecule has 0 bridgehead atoms. The molecule has 10 heteroatoms. The fraction of sp³-hybridized carbons (Fsp3) is 0.312. The second-order valence-corrected chi connectivity index (χ2v) is 6.77. The van der Waals surface area contributed by atoms with Crippen LogP contribution in [0.4, 0.5) is 0 Å². The van der Waals surface area contributed by atoms with Gasteiger partial charge in [-0.05, 0) is 32.0 Å². The normalized spacial score (nSPS) is 13.0. The number of nitrogens with zero attached hydrogens (tertiary/aromatic N) is 4. The lowest BCUT2D eigenvalue weighted by Crippen LogP contribution is -2.47. The van der Waals surface area contributed by atoms with E-state index in [9.17, 15) is 4.79 Å². The van der Waals surface area contributed by atoms with Gasteiger partial charge in [-0.3, -0.25) is 4.79 Å². The molecule has 26 heavy (non-hydrogen) atoms. The minimum Gasteiger partial charge on any atom is -0.471 e. The Morgan fingerprint density at radius 1 is 1.46 bits per heavy atom. The third-order valence-electron chi connectivity index (χ3n) is 3.32. The van der Waals surface area contributed by atoms with E-state index in [1.54, 1.807) is 31.5 Å². The predicted molar refractivity (Wildman–Crippen MR) is 95.0 cm³/mol. The topological polar surface area (TPSA) is 112 Å². The van der Waals surface area contributed by atoms with Crippen LogP contribution in [0.5, 0.6) is 5.75 Å². The average molecular weight is 375 g/mol. The van der Waals surface area contributed by atoms with Crippen LogP contribution in [0.15, 0.2) is 39.7 Å². The van der Waals surface area contributed by atoms with Crippen LogP contribution in [0, 0.1) is 0 Å².